The molecule has 0 unspecified atom stereocenters. The lowest BCUT2D eigenvalue weighted by Crippen LogP contribution is -2.36. The molecule has 1 atom stereocenters. The van der Waals surface area contributed by atoms with Gasteiger partial charge in [-0.1, -0.05) is 79.7 Å². The van der Waals surface area contributed by atoms with Crippen molar-refractivity contribution in [3.05, 3.63) is 81.5 Å². The summed E-state index contributed by atoms with van der Waals surface area (Å²) in [5.74, 6) is 1.59. The van der Waals surface area contributed by atoms with Crippen LogP contribution in [0.15, 0.2) is 65.0 Å². The lowest BCUT2D eigenvalue weighted by molar-refractivity contribution is -0.118. The molecule has 1 aliphatic heterocycles. The van der Waals surface area contributed by atoms with E-state index in [1.807, 2.05) is 35.0 Å². The van der Waals surface area contributed by atoms with Gasteiger partial charge in [-0.05, 0) is 36.0 Å². The first-order chi connectivity index (χ1) is 15.3. The zero-order chi connectivity index (χ0) is 22.5. The third-order valence-electron chi connectivity index (χ3n) is 6.13. The lowest BCUT2D eigenvalue weighted by Gasteiger charge is -2.38. The number of aromatic nitrogens is 3. The SMILES string of the molecule is Cc1ccccc1CSc1nc2n(n1)[C@H](c1ccccc1Cl)C1=C(CC(C)(C)CC1=O)N2. The minimum absolute atomic E-state index is 0.0987. The number of allylic oxidation sites excluding steroid dienone is 2. The zero-order valence-electron chi connectivity index (χ0n) is 18.4. The minimum atomic E-state index is -0.376. The number of benzene rings is 2. The van der Waals surface area contributed by atoms with Gasteiger partial charge in [0.2, 0.25) is 11.1 Å². The summed E-state index contributed by atoms with van der Waals surface area (Å²) < 4.78 is 1.83. The van der Waals surface area contributed by atoms with E-state index >= 15 is 0 Å². The van der Waals surface area contributed by atoms with E-state index in [1.54, 1.807) is 11.8 Å². The molecule has 0 amide bonds. The van der Waals surface area contributed by atoms with Crippen molar-refractivity contribution >= 4 is 35.1 Å². The van der Waals surface area contributed by atoms with Crippen molar-refractivity contribution in [3.8, 4) is 0 Å². The molecule has 1 N–H and O–H groups in total. The Labute approximate surface area is 197 Å². The fourth-order valence-electron chi connectivity index (χ4n) is 4.55. The number of hydrogen-bond donors (Lipinski definition) is 1. The molecule has 0 saturated carbocycles. The molecule has 0 fully saturated rings. The third-order valence-corrected chi connectivity index (χ3v) is 7.36. The van der Waals surface area contributed by atoms with Gasteiger partial charge in [0.05, 0.1) is 0 Å². The third kappa shape index (κ3) is 3.86. The van der Waals surface area contributed by atoms with Crippen LogP contribution in [0.25, 0.3) is 0 Å². The molecule has 7 heteroatoms. The highest BCUT2D eigenvalue weighted by atomic mass is 35.5. The van der Waals surface area contributed by atoms with Crippen LogP contribution >= 0.6 is 23.4 Å². The van der Waals surface area contributed by atoms with Crippen molar-refractivity contribution in [2.75, 3.05) is 5.32 Å². The molecule has 0 saturated heterocycles. The number of halogens is 1. The summed E-state index contributed by atoms with van der Waals surface area (Å²) in [7, 11) is 0. The smallest absolute Gasteiger partial charge is 0.227 e. The molecule has 5 rings (SSSR count). The molecule has 2 aliphatic rings. The highest BCUT2D eigenvalue weighted by molar-refractivity contribution is 7.98. The van der Waals surface area contributed by atoms with Crippen LogP contribution in [0, 0.1) is 12.3 Å². The van der Waals surface area contributed by atoms with Crippen LogP contribution in [0.3, 0.4) is 0 Å². The van der Waals surface area contributed by atoms with Crippen LogP contribution < -0.4 is 5.32 Å². The van der Waals surface area contributed by atoms with Gasteiger partial charge in [0.1, 0.15) is 6.04 Å². The van der Waals surface area contributed by atoms with Gasteiger partial charge in [0.15, 0.2) is 5.78 Å². The summed E-state index contributed by atoms with van der Waals surface area (Å²) in [5, 5.41) is 9.55. The van der Waals surface area contributed by atoms with E-state index in [4.69, 9.17) is 21.7 Å². The molecule has 0 radical (unpaired) electrons. The Hall–Kier alpha value is -2.57. The predicted octanol–water partition coefficient (Wildman–Crippen LogP) is 6.19. The van der Waals surface area contributed by atoms with Gasteiger partial charge in [-0.3, -0.25) is 4.79 Å². The van der Waals surface area contributed by atoms with Crippen molar-refractivity contribution in [3.63, 3.8) is 0 Å². The molecular formula is C25H25ClN4OS. The molecule has 0 spiro atoms. The van der Waals surface area contributed by atoms with Crippen LogP contribution in [-0.4, -0.2) is 20.5 Å². The monoisotopic (exact) mass is 464 g/mol. The van der Waals surface area contributed by atoms with E-state index in [1.165, 1.54) is 11.1 Å². The largest absolute Gasteiger partial charge is 0.328 e. The molecule has 2 aromatic carbocycles. The van der Waals surface area contributed by atoms with E-state index in [0.717, 1.165) is 29.0 Å². The highest BCUT2D eigenvalue weighted by Crippen LogP contribution is 2.46. The van der Waals surface area contributed by atoms with E-state index in [9.17, 15) is 4.79 Å². The summed E-state index contributed by atoms with van der Waals surface area (Å²) in [6, 6.07) is 15.6. The van der Waals surface area contributed by atoms with Crippen LogP contribution in [-0.2, 0) is 10.5 Å². The normalized spacial score (nSPS) is 19.4. The zero-order valence-corrected chi connectivity index (χ0v) is 19.9. The van der Waals surface area contributed by atoms with Crippen molar-refractivity contribution in [2.24, 2.45) is 5.41 Å². The van der Waals surface area contributed by atoms with Gasteiger partial charge < -0.3 is 5.32 Å². The molecule has 5 nitrogen and oxygen atoms in total. The van der Waals surface area contributed by atoms with Gasteiger partial charge >= 0.3 is 0 Å². The fourth-order valence-corrected chi connectivity index (χ4v) is 5.69. The van der Waals surface area contributed by atoms with Crippen molar-refractivity contribution in [1.82, 2.24) is 14.8 Å². The molecule has 1 aromatic heterocycles. The topological polar surface area (TPSA) is 59.8 Å². The number of carbonyl (C=O) groups excluding carboxylic acids is 1. The maximum absolute atomic E-state index is 13.3. The van der Waals surface area contributed by atoms with E-state index in [-0.39, 0.29) is 17.2 Å². The summed E-state index contributed by atoms with van der Waals surface area (Å²) in [4.78, 5) is 18.1. The maximum atomic E-state index is 13.3. The first kappa shape index (κ1) is 21.3. The maximum Gasteiger partial charge on any atom is 0.227 e. The number of Topliss-reactive ketones (excluding diaryl/α,β-unsaturated/α-hetero) is 1. The van der Waals surface area contributed by atoms with Crippen molar-refractivity contribution < 1.29 is 4.79 Å². The van der Waals surface area contributed by atoms with Crippen LogP contribution in [0.1, 0.15) is 49.4 Å². The molecule has 164 valence electrons. The number of rotatable bonds is 4. The molecular weight excluding hydrogens is 440 g/mol. The predicted molar refractivity (Wildman–Crippen MR) is 129 cm³/mol. The number of nitrogens with zero attached hydrogens (tertiary/aromatic N) is 3. The van der Waals surface area contributed by atoms with Gasteiger partial charge in [0, 0.05) is 34.0 Å². The lowest BCUT2D eigenvalue weighted by atomic mass is 9.73. The summed E-state index contributed by atoms with van der Waals surface area (Å²) >= 11 is 8.20. The van der Waals surface area contributed by atoms with Crippen LogP contribution in [0.2, 0.25) is 5.02 Å². The standard InChI is InChI=1S/C25H25ClN4OS/c1-15-8-4-5-9-16(15)14-32-24-28-23-27-19-12-25(2,3)13-20(31)21(19)22(30(23)29-24)17-10-6-7-11-18(17)26/h4-11,22H,12-14H2,1-3H3,(H,27,28,29)/t22-/m1/s1. The fraction of sp³-hybridized carbons (Fsp3) is 0.320. The number of ketones is 1. The second kappa shape index (κ2) is 8.09. The van der Waals surface area contributed by atoms with Gasteiger partial charge in [-0.2, -0.15) is 4.98 Å². The quantitative estimate of drug-likeness (QED) is 0.466. The number of anilines is 1. The molecule has 0 bridgehead atoms. The van der Waals surface area contributed by atoms with Crippen LogP contribution in [0.5, 0.6) is 0 Å². The second-order valence-corrected chi connectivity index (χ2v) is 10.6. The Morgan fingerprint density at radius 1 is 1.16 bits per heavy atom. The van der Waals surface area contributed by atoms with Gasteiger partial charge in [-0.15, -0.1) is 5.10 Å². The average Bonchev–Trinajstić information content (AvgIpc) is 3.14. The highest BCUT2D eigenvalue weighted by Gasteiger charge is 2.42. The average molecular weight is 465 g/mol. The summed E-state index contributed by atoms with van der Waals surface area (Å²) in [6.07, 6.45) is 1.29. The number of carbonyl (C=O) groups is 1. The Bertz CT molecular complexity index is 1250. The number of thioether (sulfide) groups is 1. The molecule has 32 heavy (non-hydrogen) atoms. The Morgan fingerprint density at radius 2 is 1.91 bits per heavy atom. The molecule has 3 aromatic rings. The summed E-state index contributed by atoms with van der Waals surface area (Å²) in [6.45, 7) is 6.37. The Balaban J connectivity index is 1.55. The van der Waals surface area contributed by atoms with Crippen molar-refractivity contribution in [1.29, 1.82) is 0 Å². The first-order valence-electron chi connectivity index (χ1n) is 10.7. The van der Waals surface area contributed by atoms with Gasteiger partial charge in [0.25, 0.3) is 0 Å². The van der Waals surface area contributed by atoms with E-state index in [0.29, 0.717) is 22.5 Å². The number of nitrogens with one attached hydrogen (secondary N) is 1. The first-order valence-corrected chi connectivity index (χ1v) is 12.1. The second-order valence-electron chi connectivity index (χ2n) is 9.26. The minimum Gasteiger partial charge on any atom is -0.328 e. The van der Waals surface area contributed by atoms with Crippen LogP contribution in [0.4, 0.5) is 5.95 Å². The Kier molecular flexibility index (Phi) is 5.38. The molecule has 1 aliphatic carbocycles. The van der Waals surface area contributed by atoms with Crippen molar-refractivity contribution in [2.45, 2.75) is 50.6 Å². The summed E-state index contributed by atoms with van der Waals surface area (Å²) in [5.41, 5.74) is 4.98. The number of hydrogen-bond acceptors (Lipinski definition) is 5. The molecule has 2 heterocycles. The van der Waals surface area contributed by atoms with E-state index < -0.39 is 0 Å². The Morgan fingerprint density at radius 3 is 2.69 bits per heavy atom. The number of aryl methyl sites for hydroxylation is 1. The van der Waals surface area contributed by atoms with E-state index in [2.05, 4.69) is 44.3 Å². The van der Waals surface area contributed by atoms with Gasteiger partial charge in [-0.25, -0.2) is 4.68 Å². The number of fused-ring (bicyclic) bond motifs is 1.